The van der Waals surface area contributed by atoms with Crippen molar-refractivity contribution in [1.29, 1.82) is 0 Å². The Balaban J connectivity index is 1.77. The van der Waals surface area contributed by atoms with Crippen LogP contribution >= 0.6 is 0 Å². The van der Waals surface area contributed by atoms with Crippen LogP contribution in [0.5, 0.6) is 0 Å². The van der Waals surface area contributed by atoms with E-state index in [1.165, 1.54) is 6.92 Å². The number of hydrogen-bond donors (Lipinski definition) is 2. The summed E-state index contributed by atoms with van der Waals surface area (Å²) in [6.45, 7) is 5.90. The molecule has 0 radical (unpaired) electrons. The van der Waals surface area contributed by atoms with Crippen molar-refractivity contribution in [2.75, 3.05) is 22.1 Å². The van der Waals surface area contributed by atoms with Gasteiger partial charge in [0, 0.05) is 36.7 Å². The van der Waals surface area contributed by atoms with Gasteiger partial charge in [0.15, 0.2) is 0 Å². The van der Waals surface area contributed by atoms with Gasteiger partial charge in [-0.05, 0) is 61.9 Å². The van der Waals surface area contributed by atoms with Crippen LogP contribution in [0.1, 0.15) is 29.9 Å². The van der Waals surface area contributed by atoms with Crippen LogP contribution in [0.4, 0.5) is 23.0 Å². The molecule has 0 spiro atoms. The van der Waals surface area contributed by atoms with Crippen molar-refractivity contribution in [1.82, 2.24) is 9.97 Å². The van der Waals surface area contributed by atoms with Crippen molar-refractivity contribution in [3.8, 4) is 0 Å². The van der Waals surface area contributed by atoms with Gasteiger partial charge in [0.2, 0.25) is 11.9 Å². The van der Waals surface area contributed by atoms with E-state index in [4.69, 9.17) is 0 Å². The third-order valence-electron chi connectivity index (χ3n) is 4.21. The van der Waals surface area contributed by atoms with Crippen molar-refractivity contribution >= 4 is 34.8 Å². The van der Waals surface area contributed by atoms with Crippen molar-refractivity contribution in [2.24, 2.45) is 0 Å². The van der Waals surface area contributed by atoms with Crippen LogP contribution in [-0.4, -0.2) is 28.3 Å². The number of nitrogens with zero attached hydrogens (tertiary/aromatic N) is 3. The van der Waals surface area contributed by atoms with Crippen LogP contribution in [0.2, 0.25) is 0 Å². The van der Waals surface area contributed by atoms with E-state index in [0.717, 1.165) is 16.9 Å². The fraction of sp³-hybridized carbons (Fsp3) is 0.182. The Morgan fingerprint density at radius 1 is 1.03 bits per heavy atom. The molecule has 0 fully saturated rings. The first-order chi connectivity index (χ1) is 14.0. The first-order valence-corrected chi connectivity index (χ1v) is 9.32. The van der Waals surface area contributed by atoms with Gasteiger partial charge in [-0.15, -0.1) is 0 Å². The lowest BCUT2D eigenvalue weighted by Gasteiger charge is -2.21. The standard InChI is InChI=1S/C22H23N5O2/c1-4-27(19-7-5-6-15(2)14-19)21(29)20-12-13-23-22(26-20)25-18-10-8-17(9-11-18)24-16(3)28/h5-14H,4H2,1-3H3,(H,24,28)(H,23,25,26). The Labute approximate surface area is 169 Å². The van der Waals surface area contributed by atoms with Gasteiger partial charge in [-0.3, -0.25) is 9.59 Å². The normalized spacial score (nSPS) is 10.3. The zero-order chi connectivity index (χ0) is 20.8. The van der Waals surface area contributed by atoms with Gasteiger partial charge in [-0.1, -0.05) is 12.1 Å². The van der Waals surface area contributed by atoms with Crippen LogP contribution in [0.15, 0.2) is 60.8 Å². The molecule has 7 nitrogen and oxygen atoms in total. The third-order valence-corrected chi connectivity index (χ3v) is 4.21. The summed E-state index contributed by atoms with van der Waals surface area (Å²) in [6, 6.07) is 16.5. The van der Waals surface area contributed by atoms with E-state index in [0.29, 0.717) is 23.9 Å². The van der Waals surface area contributed by atoms with E-state index in [1.807, 2.05) is 38.1 Å². The van der Waals surface area contributed by atoms with Crippen molar-refractivity contribution in [3.05, 3.63) is 72.1 Å². The van der Waals surface area contributed by atoms with E-state index in [-0.39, 0.29) is 11.8 Å². The molecular formula is C22H23N5O2. The molecule has 1 heterocycles. The highest BCUT2D eigenvalue weighted by Crippen LogP contribution is 2.20. The Hall–Kier alpha value is -3.74. The van der Waals surface area contributed by atoms with E-state index in [1.54, 1.807) is 41.4 Å². The number of rotatable bonds is 6. The molecule has 0 atom stereocenters. The second-order valence-corrected chi connectivity index (χ2v) is 6.54. The molecule has 29 heavy (non-hydrogen) atoms. The lowest BCUT2D eigenvalue weighted by atomic mass is 10.2. The summed E-state index contributed by atoms with van der Waals surface area (Å²) >= 11 is 0. The molecule has 0 aliphatic carbocycles. The molecule has 0 saturated heterocycles. The number of anilines is 4. The highest BCUT2D eigenvalue weighted by molar-refractivity contribution is 6.04. The predicted molar refractivity (Wildman–Crippen MR) is 115 cm³/mol. The SMILES string of the molecule is CCN(C(=O)c1ccnc(Nc2ccc(NC(C)=O)cc2)n1)c1cccc(C)c1. The summed E-state index contributed by atoms with van der Waals surface area (Å²) in [4.78, 5) is 34.4. The van der Waals surface area contributed by atoms with Gasteiger partial charge in [0.1, 0.15) is 5.69 Å². The maximum atomic E-state index is 13.0. The quantitative estimate of drug-likeness (QED) is 0.661. The molecule has 7 heteroatoms. The van der Waals surface area contributed by atoms with Crippen LogP contribution in [0.3, 0.4) is 0 Å². The van der Waals surface area contributed by atoms with Gasteiger partial charge >= 0.3 is 0 Å². The maximum Gasteiger partial charge on any atom is 0.277 e. The minimum Gasteiger partial charge on any atom is -0.326 e. The van der Waals surface area contributed by atoms with Gasteiger partial charge in [0.25, 0.3) is 5.91 Å². The molecule has 0 aliphatic rings. The molecule has 2 aromatic carbocycles. The number of benzene rings is 2. The van der Waals surface area contributed by atoms with Gasteiger partial charge < -0.3 is 15.5 Å². The second-order valence-electron chi connectivity index (χ2n) is 6.54. The summed E-state index contributed by atoms with van der Waals surface area (Å²) in [7, 11) is 0. The molecule has 0 aliphatic heterocycles. The molecule has 2 amide bonds. The van der Waals surface area contributed by atoms with E-state index in [2.05, 4.69) is 20.6 Å². The van der Waals surface area contributed by atoms with E-state index < -0.39 is 0 Å². The molecule has 0 unspecified atom stereocenters. The summed E-state index contributed by atoms with van der Waals surface area (Å²) in [5.41, 5.74) is 3.67. The van der Waals surface area contributed by atoms with Crippen LogP contribution in [0, 0.1) is 6.92 Å². The molecular weight excluding hydrogens is 366 g/mol. The number of nitrogens with one attached hydrogen (secondary N) is 2. The van der Waals surface area contributed by atoms with Crippen molar-refractivity contribution in [3.63, 3.8) is 0 Å². The van der Waals surface area contributed by atoms with Gasteiger partial charge in [-0.25, -0.2) is 9.97 Å². The highest BCUT2D eigenvalue weighted by Gasteiger charge is 2.18. The van der Waals surface area contributed by atoms with Crippen LogP contribution < -0.4 is 15.5 Å². The Kier molecular flexibility index (Phi) is 6.19. The largest absolute Gasteiger partial charge is 0.326 e. The number of amides is 2. The molecule has 0 saturated carbocycles. The fourth-order valence-electron chi connectivity index (χ4n) is 2.88. The number of aromatic nitrogens is 2. The van der Waals surface area contributed by atoms with E-state index in [9.17, 15) is 9.59 Å². The summed E-state index contributed by atoms with van der Waals surface area (Å²) in [5.74, 6) is 0.00215. The molecule has 1 aromatic heterocycles. The third kappa shape index (κ3) is 5.16. The van der Waals surface area contributed by atoms with E-state index >= 15 is 0 Å². The highest BCUT2D eigenvalue weighted by atomic mass is 16.2. The van der Waals surface area contributed by atoms with Crippen molar-refractivity contribution < 1.29 is 9.59 Å². The van der Waals surface area contributed by atoms with Crippen LogP contribution in [-0.2, 0) is 4.79 Å². The minimum atomic E-state index is -0.190. The first-order valence-electron chi connectivity index (χ1n) is 9.32. The molecule has 2 N–H and O–H groups in total. The Morgan fingerprint density at radius 3 is 2.41 bits per heavy atom. The molecule has 148 valence electrons. The Morgan fingerprint density at radius 2 is 1.76 bits per heavy atom. The zero-order valence-electron chi connectivity index (χ0n) is 16.6. The number of carbonyl (C=O) groups excluding carboxylic acids is 2. The summed E-state index contributed by atoms with van der Waals surface area (Å²) in [6.07, 6.45) is 1.55. The monoisotopic (exact) mass is 389 g/mol. The molecule has 3 rings (SSSR count). The van der Waals surface area contributed by atoms with Gasteiger partial charge in [0.05, 0.1) is 0 Å². The van der Waals surface area contributed by atoms with Crippen molar-refractivity contribution in [2.45, 2.75) is 20.8 Å². The number of carbonyl (C=O) groups is 2. The Bertz CT molecular complexity index is 1020. The van der Waals surface area contributed by atoms with Gasteiger partial charge in [-0.2, -0.15) is 0 Å². The maximum absolute atomic E-state index is 13.0. The average Bonchev–Trinajstić information content (AvgIpc) is 2.70. The number of hydrogen-bond acceptors (Lipinski definition) is 5. The fourth-order valence-corrected chi connectivity index (χ4v) is 2.88. The lowest BCUT2D eigenvalue weighted by Crippen LogP contribution is -2.31. The second kappa shape index (κ2) is 8.97. The average molecular weight is 389 g/mol. The number of aryl methyl sites for hydroxylation is 1. The van der Waals surface area contributed by atoms with Crippen LogP contribution in [0.25, 0.3) is 0 Å². The zero-order valence-corrected chi connectivity index (χ0v) is 16.6. The lowest BCUT2D eigenvalue weighted by molar-refractivity contribution is -0.114. The smallest absolute Gasteiger partial charge is 0.277 e. The first kappa shape index (κ1) is 20.0. The minimum absolute atomic E-state index is 0.130. The topological polar surface area (TPSA) is 87.2 Å². The summed E-state index contributed by atoms with van der Waals surface area (Å²) in [5, 5.41) is 5.79. The molecule has 3 aromatic rings. The predicted octanol–water partition coefficient (Wildman–Crippen LogP) is 4.15. The summed E-state index contributed by atoms with van der Waals surface area (Å²) < 4.78 is 0. The molecule has 0 bridgehead atoms.